The average molecular weight is 440 g/mol. The lowest BCUT2D eigenvalue weighted by Gasteiger charge is -2.09. The average Bonchev–Trinajstić information content (AvgIpc) is 3.05. The highest BCUT2D eigenvalue weighted by atomic mass is 16.5. The number of ether oxygens (including phenoxy) is 2. The third-order valence-corrected chi connectivity index (χ3v) is 6.44. The van der Waals surface area contributed by atoms with Crippen molar-refractivity contribution >= 4 is 0 Å². The zero-order valence-electron chi connectivity index (χ0n) is 19.5. The summed E-state index contributed by atoms with van der Waals surface area (Å²) in [5, 5.41) is 0. The van der Waals surface area contributed by atoms with Crippen LogP contribution in [-0.2, 0) is 13.0 Å². The number of benzene rings is 3. The summed E-state index contributed by atoms with van der Waals surface area (Å²) in [5.74, 6) is 3.19. The lowest BCUT2D eigenvalue weighted by molar-refractivity contribution is -0.692. The van der Waals surface area contributed by atoms with Gasteiger partial charge in [-0.3, -0.25) is 0 Å². The monoisotopic (exact) mass is 439 g/mol. The van der Waals surface area contributed by atoms with Gasteiger partial charge in [0.2, 0.25) is 0 Å². The first-order valence-electron chi connectivity index (χ1n) is 11.9. The van der Waals surface area contributed by atoms with Gasteiger partial charge in [0.1, 0.15) is 23.4 Å². The number of hydrogen-bond acceptors (Lipinski definition) is 2. The van der Waals surface area contributed by atoms with Crippen molar-refractivity contribution in [1.29, 1.82) is 0 Å². The smallest absolute Gasteiger partial charge is 0.262 e. The first kappa shape index (κ1) is 21.3. The number of rotatable bonds is 6. The molecule has 2 heterocycles. The number of nitrogens with zero attached hydrogens (tertiary/aromatic N) is 2. The van der Waals surface area contributed by atoms with Gasteiger partial charge in [0.15, 0.2) is 5.69 Å². The molecular weight excluding hydrogens is 408 g/mol. The molecule has 4 nitrogen and oxygen atoms in total. The predicted octanol–water partition coefficient (Wildman–Crippen LogP) is 6.23. The predicted molar refractivity (Wildman–Crippen MR) is 132 cm³/mol. The fourth-order valence-electron chi connectivity index (χ4n) is 4.80. The van der Waals surface area contributed by atoms with Gasteiger partial charge in [-0.2, -0.15) is 4.57 Å². The molecule has 0 unspecified atom stereocenters. The van der Waals surface area contributed by atoms with Crippen molar-refractivity contribution in [3.8, 4) is 39.6 Å². The second kappa shape index (κ2) is 9.53. The molecule has 0 amide bonds. The van der Waals surface area contributed by atoms with Crippen LogP contribution in [0, 0.1) is 0 Å². The molecule has 0 fully saturated rings. The topological polar surface area (TPSA) is 27.3 Å². The normalized spacial score (nSPS) is 13.3. The van der Waals surface area contributed by atoms with Gasteiger partial charge in [-0.25, -0.2) is 4.57 Å². The van der Waals surface area contributed by atoms with Gasteiger partial charge >= 0.3 is 0 Å². The van der Waals surface area contributed by atoms with E-state index in [4.69, 9.17) is 9.47 Å². The molecule has 0 radical (unpaired) electrons. The van der Waals surface area contributed by atoms with Crippen LogP contribution in [0.4, 0.5) is 0 Å². The molecule has 168 valence electrons. The molecule has 0 atom stereocenters. The van der Waals surface area contributed by atoms with Crippen LogP contribution in [0.25, 0.3) is 28.1 Å². The third kappa shape index (κ3) is 4.25. The maximum absolute atomic E-state index is 5.64. The standard InChI is InChI=1S/C29H31N2O2/c1-3-33-25-18-16-24(17-19-25)31-21-27(30-20-8-4-5-11-29(30)31)23-14-12-22(13-15-23)26-9-6-7-10-28(26)32-2/h6-7,9-10,12-19,21H,3-5,8,11,20H2,1-2H3/q+1. The zero-order valence-corrected chi connectivity index (χ0v) is 19.5. The second-order valence-electron chi connectivity index (χ2n) is 8.47. The maximum Gasteiger partial charge on any atom is 0.262 e. The Morgan fingerprint density at radius 1 is 0.848 bits per heavy atom. The molecule has 1 aliphatic rings. The molecule has 4 aromatic rings. The molecule has 0 saturated heterocycles. The van der Waals surface area contributed by atoms with Gasteiger partial charge in [0.05, 0.1) is 20.3 Å². The minimum absolute atomic E-state index is 0.684. The summed E-state index contributed by atoms with van der Waals surface area (Å²) in [5.41, 5.74) is 5.97. The number of hydrogen-bond donors (Lipinski definition) is 0. The van der Waals surface area contributed by atoms with E-state index in [-0.39, 0.29) is 0 Å². The molecule has 0 aliphatic carbocycles. The molecule has 5 rings (SSSR count). The Hall–Kier alpha value is -3.53. The van der Waals surface area contributed by atoms with Crippen LogP contribution in [-0.4, -0.2) is 18.3 Å². The van der Waals surface area contributed by atoms with Crippen molar-refractivity contribution in [1.82, 2.24) is 4.57 Å². The Bertz CT molecular complexity index is 1220. The first-order chi connectivity index (χ1) is 16.3. The van der Waals surface area contributed by atoms with E-state index in [1.165, 1.54) is 47.6 Å². The van der Waals surface area contributed by atoms with Crippen LogP contribution in [0.2, 0.25) is 0 Å². The number of imidazole rings is 1. The van der Waals surface area contributed by atoms with Crippen LogP contribution in [0.15, 0.2) is 79.0 Å². The molecule has 0 saturated carbocycles. The van der Waals surface area contributed by atoms with Crippen molar-refractivity contribution in [2.45, 2.75) is 39.2 Å². The van der Waals surface area contributed by atoms with E-state index >= 15 is 0 Å². The molecule has 1 aromatic heterocycles. The lowest BCUT2D eigenvalue weighted by Crippen LogP contribution is -2.38. The van der Waals surface area contributed by atoms with Gasteiger partial charge in [0, 0.05) is 17.5 Å². The summed E-state index contributed by atoms with van der Waals surface area (Å²) < 4.78 is 16.1. The highest BCUT2D eigenvalue weighted by molar-refractivity contribution is 5.72. The van der Waals surface area contributed by atoms with Crippen LogP contribution < -0.4 is 14.0 Å². The fourth-order valence-corrected chi connectivity index (χ4v) is 4.80. The fraction of sp³-hybridized carbons (Fsp3) is 0.276. The summed E-state index contributed by atoms with van der Waals surface area (Å²) in [7, 11) is 1.72. The van der Waals surface area contributed by atoms with Crippen LogP contribution in [0.3, 0.4) is 0 Å². The minimum atomic E-state index is 0.684. The van der Waals surface area contributed by atoms with Gasteiger partial charge in [0.25, 0.3) is 5.82 Å². The molecule has 1 aliphatic heterocycles. The Labute approximate surface area is 196 Å². The van der Waals surface area contributed by atoms with E-state index < -0.39 is 0 Å². The summed E-state index contributed by atoms with van der Waals surface area (Å²) >= 11 is 0. The van der Waals surface area contributed by atoms with Crippen molar-refractivity contribution < 1.29 is 14.0 Å². The summed E-state index contributed by atoms with van der Waals surface area (Å²) in [6.45, 7) is 3.76. The Balaban J connectivity index is 1.54. The van der Waals surface area contributed by atoms with Crippen LogP contribution in [0.1, 0.15) is 32.0 Å². The van der Waals surface area contributed by atoms with Gasteiger partial charge in [-0.1, -0.05) is 30.3 Å². The van der Waals surface area contributed by atoms with E-state index in [0.29, 0.717) is 6.61 Å². The van der Waals surface area contributed by atoms with E-state index in [0.717, 1.165) is 30.0 Å². The molecule has 3 aromatic carbocycles. The minimum Gasteiger partial charge on any atom is -0.496 e. The largest absolute Gasteiger partial charge is 0.496 e. The van der Waals surface area contributed by atoms with E-state index in [2.05, 4.69) is 76.0 Å². The van der Waals surface area contributed by atoms with Gasteiger partial charge in [-0.15, -0.1) is 0 Å². The molecule has 33 heavy (non-hydrogen) atoms. The first-order valence-corrected chi connectivity index (χ1v) is 11.9. The SMILES string of the molecule is CCOc1ccc(-n2cc(-c3ccc(-c4ccccc4OC)cc3)[n+]3c2CCCCC3)cc1. The summed E-state index contributed by atoms with van der Waals surface area (Å²) in [6, 6.07) is 25.5. The van der Waals surface area contributed by atoms with Gasteiger partial charge < -0.3 is 9.47 Å². The van der Waals surface area contributed by atoms with E-state index in [1.54, 1.807) is 7.11 Å². The number of methoxy groups -OCH3 is 1. The van der Waals surface area contributed by atoms with Gasteiger partial charge in [-0.05, 0) is 74.2 Å². The Kier molecular flexibility index (Phi) is 6.16. The third-order valence-electron chi connectivity index (χ3n) is 6.44. The zero-order chi connectivity index (χ0) is 22.6. The van der Waals surface area contributed by atoms with Crippen molar-refractivity contribution in [3.05, 3.63) is 84.8 Å². The number of fused-ring (bicyclic) bond motifs is 1. The number of para-hydroxylation sites is 1. The summed E-state index contributed by atoms with van der Waals surface area (Å²) in [4.78, 5) is 0. The number of aromatic nitrogens is 2. The van der Waals surface area contributed by atoms with E-state index in [1.807, 2.05) is 19.1 Å². The molecule has 0 N–H and O–H groups in total. The highest BCUT2D eigenvalue weighted by Crippen LogP contribution is 2.31. The lowest BCUT2D eigenvalue weighted by atomic mass is 10.0. The van der Waals surface area contributed by atoms with Crippen LogP contribution in [0.5, 0.6) is 11.5 Å². The quantitative estimate of drug-likeness (QED) is 0.333. The van der Waals surface area contributed by atoms with Crippen molar-refractivity contribution in [3.63, 3.8) is 0 Å². The molecular formula is C29H31N2O2+. The Morgan fingerprint density at radius 2 is 1.61 bits per heavy atom. The molecule has 0 bridgehead atoms. The molecule has 4 heteroatoms. The van der Waals surface area contributed by atoms with Crippen molar-refractivity contribution in [2.75, 3.05) is 13.7 Å². The highest BCUT2D eigenvalue weighted by Gasteiger charge is 2.27. The Morgan fingerprint density at radius 3 is 2.36 bits per heavy atom. The summed E-state index contributed by atoms with van der Waals surface area (Å²) in [6.07, 6.45) is 7.11. The van der Waals surface area contributed by atoms with Crippen molar-refractivity contribution in [2.24, 2.45) is 0 Å². The maximum atomic E-state index is 5.64. The second-order valence-corrected chi connectivity index (χ2v) is 8.47. The van der Waals surface area contributed by atoms with Crippen LogP contribution >= 0.6 is 0 Å². The van der Waals surface area contributed by atoms with E-state index in [9.17, 15) is 0 Å². The molecule has 0 spiro atoms.